The number of aromatic nitrogens is 1. The van der Waals surface area contributed by atoms with Gasteiger partial charge in [0, 0.05) is 19.2 Å². The minimum absolute atomic E-state index is 0.0492. The van der Waals surface area contributed by atoms with Gasteiger partial charge in [0.15, 0.2) is 0 Å². The molecule has 2 amide bonds. The average molecular weight is 347 g/mol. The van der Waals surface area contributed by atoms with Crippen LogP contribution in [0.1, 0.15) is 46.0 Å². The third-order valence-corrected chi connectivity index (χ3v) is 6.21. The van der Waals surface area contributed by atoms with Crippen LogP contribution in [0.15, 0.2) is 23.4 Å². The Bertz CT molecular complexity index is 622. The molecule has 2 N–H and O–H groups in total. The largest absolute Gasteiger partial charge is 0.356 e. The molecule has 130 valence electrons. The number of fused-ring (bicyclic) bond motifs is 1. The molecule has 2 aliphatic rings. The second kappa shape index (κ2) is 7.13. The lowest BCUT2D eigenvalue weighted by Crippen LogP contribution is -2.37. The SMILES string of the molecule is CC1(C)CCC(CNC(=O)CC2Sc3ncccc3NC2=O)CC1. The quantitative estimate of drug-likeness (QED) is 0.877. The van der Waals surface area contributed by atoms with Crippen molar-refractivity contribution in [2.75, 3.05) is 11.9 Å². The smallest absolute Gasteiger partial charge is 0.238 e. The highest BCUT2D eigenvalue weighted by atomic mass is 32.2. The molecule has 0 spiro atoms. The van der Waals surface area contributed by atoms with E-state index < -0.39 is 5.25 Å². The predicted octanol–water partition coefficient (Wildman–Crippen LogP) is 3.22. The standard InChI is InChI=1S/C18H25N3O2S/c1-18(2)7-5-12(6-8-18)11-20-15(22)10-14-16(23)21-13-4-3-9-19-17(13)24-14/h3-4,9,12,14H,5-8,10-11H2,1-2H3,(H,20,22)(H,21,23). The van der Waals surface area contributed by atoms with E-state index in [1.807, 2.05) is 6.07 Å². The Balaban J connectivity index is 1.46. The van der Waals surface area contributed by atoms with Gasteiger partial charge >= 0.3 is 0 Å². The van der Waals surface area contributed by atoms with Crippen LogP contribution in [0.2, 0.25) is 0 Å². The fourth-order valence-corrected chi connectivity index (χ4v) is 4.32. The highest BCUT2D eigenvalue weighted by Crippen LogP contribution is 2.38. The van der Waals surface area contributed by atoms with Gasteiger partial charge in [-0.05, 0) is 49.1 Å². The van der Waals surface area contributed by atoms with Gasteiger partial charge in [0.2, 0.25) is 11.8 Å². The van der Waals surface area contributed by atoms with Crippen LogP contribution in [-0.4, -0.2) is 28.6 Å². The van der Waals surface area contributed by atoms with Crippen molar-refractivity contribution >= 4 is 29.3 Å². The van der Waals surface area contributed by atoms with Crippen LogP contribution in [0.4, 0.5) is 5.69 Å². The molecule has 24 heavy (non-hydrogen) atoms. The Labute approximate surface area is 147 Å². The van der Waals surface area contributed by atoms with Crippen LogP contribution >= 0.6 is 11.8 Å². The molecule has 2 heterocycles. The van der Waals surface area contributed by atoms with E-state index in [0.29, 0.717) is 11.3 Å². The fourth-order valence-electron chi connectivity index (χ4n) is 3.28. The maximum atomic E-state index is 12.2. The lowest BCUT2D eigenvalue weighted by atomic mass is 9.73. The molecule has 0 aromatic carbocycles. The highest BCUT2D eigenvalue weighted by molar-refractivity contribution is 8.00. The van der Waals surface area contributed by atoms with Crippen molar-refractivity contribution in [1.82, 2.24) is 10.3 Å². The van der Waals surface area contributed by atoms with Crippen LogP contribution in [0.5, 0.6) is 0 Å². The van der Waals surface area contributed by atoms with Crippen molar-refractivity contribution in [3.63, 3.8) is 0 Å². The van der Waals surface area contributed by atoms with E-state index in [2.05, 4.69) is 29.5 Å². The van der Waals surface area contributed by atoms with Crippen molar-refractivity contribution in [1.29, 1.82) is 0 Å². The summed E-state index contributed by atoms with van der Waals surface area (Å²) in [5.74, 6) is 0.402. The third-order valence-electron chi connectivity index (χ3n) is 4.99. The second-order valence-electron chi connectivity index (χ2n) is 7.57. The van der Waals surface area contributed by atoms with Crippen LogP contribution < -0.4 is 10.6 Å². The van der Waals surface area contributed by atoms with E-state index in [1.165, 1.54) is 37.4 Å². The summed E-state index contributed by atoms with van der Waals surface area (Å²) in [6, 6.07) is 3.62. The van der Waals surface area contributed by atoms with Crippen molar-refractivity contribution < 1.29 is 9.59 Å². The number of amides is 2. The fraction of sp³-hybridized carbons (Fsp3) is 0.611. The normalized spacial score (nSPS) is 23.2. The summed E-state index contributed by atoms with van der Waals surface area (Å²) in [5.41, 5.74) is 1.17. The minimum Gasteiger partial charge on any atom is -0.356 e. The van der Waals surface area contributed by atoms with E-state index in [0.717, 1.165) is 17.3 Å². The molecule has 1 saturated carbocycles. The molecule has 1 fully saturated rings. The van der Waals surface area contributed by atoms with Gasteiger partial charge in [0.1, 0.15) is 5.03 Å². The van der Waals surface area contributed by atoms with Gasteiger partial charge in [-0.15, -0.1) is 0 Å². The Morgan fingerprint density at radius 1 is 1.42 bits per heavy atom. The molecule has 0 radical (unpaired) electrons. The van der Waals surface area contributed by atoms with Crippen molar-refractivity contribution in [3.05, 3.63) is 18.3 Å². The lowest BCUT2D eigenvalue weighted by Gasteiger charge is -2.34. The molecular weight excluding hydrogens is 322 g/mol. The Hall–Kier alpha value is -1.56. The maximum absolute atomic E-state index is 12.2. The summed E-state index contributed by atoms with van der Waals surface area (Å²) in [5, 5.41) is 6.22. The van der Waals surface area contributed by atoms with Crippen LogP contribution in [-0.2, 0) is 9.59 Å². The monoisotopic (exact) mass is 347 g/mol. The van der Waals surface area contributed by atoms with E-state index >= 15 is 0 Å². The number of thioether (sulfide) groups is 1. The number of hydrogen-bond donors (Lipinski definition) is 2. The molecule has 1 aliphatic carbocycles. The van der Waals surface area contributed by atoms with E-state index in [-0.39, 0.29) is 18.2 Å². The number of carbonyl (C=O) groups excluding carboxylic acids is 2. The average Bonchev–Trinajstić information content (AvgIpc) is 2.54. The number of anilines is 1. The lowest BCUT2D eigenvalue weighted by molar-refractivity contribution is -0.124. The summed E-state index contributed by atoms with van der Waals surface area (Å²) >= 11 is 1.37. The van der Waals surface area contributed by atoms with Gasteiger partial charge in [0.25, 0.3) is 0 Å². The maximum Gasteiger partial charge on any atom is 0.238 e. The number of nitrogens with one attached hydrogen (secondary N) is 2. The minimum atomic E-state index is -0.405. The summed E-state index contributed by atoms with van der Waals surface area (Å²) < 4.78 is 0. The van der Waals surface area contributed by atoms with Crippen molar-refractivity contribution in [2.24, 2.45) is 11.3 Å². The Morgan fingerprint density at radius 3 is 2.92 bits per heavy atom. The zero-order chi connectivity index (χ0) is 17.2. The third kappa shape index (κ3) is 4.29. The van der Waals surface area contributed by atoms with E-state index in [4.69, 9.17) is 0 Å². The van der Waals surface area contributed by atoms with Crippen LogP contribution in [0, 0.1) is 11.3 Å². The predicted molar refractivity (Wildman–Crippen MR) is 95.9 cm³/mol. The second-order valence-corrected chi connectivity index (χ2v) is 8.76. The Morgan fingerprint density at radius 2 is 2.17 bits per heavy atom. The van der Waals surface area contributed by atoms with Crippen LogP contribution in [0.25, 0.3) is 0 Å². The van der Waals surface area contributed by atoms with E-state index in [1.54, 1.807) is 12.3 Å². The molecule has 1 aromatic rings. The van der Waals surface area contributed by atoms with Gasteiger partial charge in [-0.1, -0.05) is 25.6 Å². The molecule has 0 saturated heterocycles. The van der Waals surface area contributed by atoms with Gasteiger partial charge < -0.3 is 10.6 Å². The molecule has 1 aliphatic heterocycles. The molecule has 5 nitrogen and oxygen atoms in total. The van der Waals surface area contributed by atoms with Gasteiger partial charge in [-0.2, -0.15) is 0 Å². The van der Waals surface area contributed by atoms with Gasteiger partial charge in [-0.25, -0.2) is 4.98 Å². The van der Waals surface area contributed by atoms with Crippen molar-refractivity contribution in [2.45, 2.75) is 56.2 Å². The molecule has 0 bridgehead atoms. The van der Waals surface area contributed by atoms with Gasteiger partial charge in [-0.3, -0.25) is 9.59 Å². The number of rotatable bonds is 4. The Kier molecular flexibility index (Phi) is 5.13. The van der Waals surface area contributed by atoms with Crippen molar-refractivity contribution in [3.8, 4) is 0 Å². The first-order valence-electron chi connectivity index (χ1n) is 8.62. The zero-order valence-corrected chi connectivity index (χ0v) is 15.1. The molecule has 3 rings (SSSR count). The zero-order valence-electron chi connectivity index (χ0n) is 14.3. The van der Waals surface area contributed by atoms with Gasteiger partial charge in [0.05, 0.1) is 10.9 Å². The molecule has 6 heteroatoms. The summed E-state index contributed by atoms with van der Waals surface area (Å²) in [6.45, 7) is 5.35. The first-order chi connectivity index (χ1) is 11.4. The number of carbonyl (C=O) groups is 2. The topological polar surface area (TPSA) is 71.1 Å². The molecule has 1 unspecified atom stereocenters. The number of pyridine rings is 1. The first-order valence-corrected chi connectivity index (χ1v) is 9.50. The number of nitrogens with zero attached hydrogens (tertiary/aromatic N) is 1. The number of hydrogen-bond acceptors (Lipinski definition) is 4. The van der Waals surface area contributed by atoms with Crippen LogP contribution in [0.3, 0.4) is 0 Å². The molecule has 1 aromatic heterocycles. The molecule has 1 atom stereocenters. The van der Waals surface area contributed by atoms with E-state index in [9.17, 15) is 9.59 Å². The first kappa shape index (κ1) is 17.3. The summed E-state index contributed by atoms with van der Waals surface area (Å²) in [7, 11) is 0. The highest BCUT2D eigenvalue weighted by Gasteiger charge is 2.30. The summed E-state index contributed by atoms with van der Waals surface area (Å²) in [4.78, 5) is 28.6. The molecular formula is C18H25N3O2S. The summed E-state index contributed by atoms with van der Waals surface area (Å²) in [6.07, 6.45) is 6.68.